The molecule has 0 saturated heterocycles. The third-order valence-electron chi connectivity index (χ3n) is 4.14. The zero-order chi connectivity index (χ0) is 15.9. The molecular formula is C16H18ClN3O2. The molecule has 0 aromatic heterocycles. The molecule has 1 aromatic rings. The molecule has 1 aromatic carbocycles. The van der Waals surface area contributed by atoms with Crippen molar-refractivity contribution in [2.24, 2.45) is 0 Å². The molecule has 5 nitrogen and oxygen atoms in total. The minimum atomic E-state index is -0.484. The van der Waals surface area contributed by atoms with Crippen molar-refractivity contribution in [3.63, 3.8) is 0 Å². The Morgan fingerprint density at radius 1 is 1.32 bits per heavy atom. The number of halogens is 1. The first kappa shape index (κ1) is 14.9. The summed E-state index contributed by atoms with van der Waals surface area (Å²) >= 11 is 6.26. The van der Waals surface area contributed by atoms with Crippen molar-refractivity contribution in [1.29, 1.82) is 0 Å². The Labute approximate surface area is 134 Å². The summed E-state index contributed by atoms with van der Waals surface area (Å²) in [6.45, 7) is 3.19. The third kappa shape index (κ3) is 2.25. The molecule has 0 aliphatic carbocycles. The van der Waals surface area contributed by atoms with Gasteiger partial charge in [-0.15, -0.1) is 0 Å². The first-order chi connectivity index (χ1) is 10.5. The topological polar surface area (TPSA) is 52.7 Å². The van der Waals surface area contributed by atoms with Crippen molar-refractivity contribution in [3.8, 4) is 0 Å². The van der Waals surface area contributed by atoms with E-state index in [4.69, 9.17) is 11.6 Å². The summed E-state index contributed by atoms with van der Waals surface area (Å²) in [5.74, 6) is -0.0198. The second kappa shape index (κ2) is 5.65. The normalized spacial score (nSPS) is 21.3. The molecule has 1 N–H and O–H groups in total. The molecule has 0 bridgehead atoms. The number of hydrogen-bond acceptors (Lipinski definition) is 2. The lowest BCUT2D eigenvalue weighted by Crippen LogP contribution is -2.45. The fourth-order valence-electron chi connectivity index (χ4n) is 3.02. The van der Waals surface area contributed by atoms with E-state index in [1.165, 1.54) is 4.90 Å². The summed E-state index contributed by atoms with van der Waals surface area (Å²) in [6, 6.07) is 6.60. The molecular weight excluding hydrogens is 302 g/mol. The summed E-state index contributed by atoms with van der Waals surface area (Å²) < 4.78 is 0. The second-order valence-electron chi connectivity index (χ2n) is 5.55. The lowest BCUT2D eigenvalue weighted by molar-refractivity contribution is -0.125. The Hall–Kier alpha value is -2.01. The predicted molar refractivity (Wildman–Crippen MR) is 84.4 cm³/mol. The van der Waals surface area contributed by atoms with E-state index in [-0.39, 0.29) is 11.9 Å². The Morgan fingerprint density at radius 2 is 2.05 bits per heavy atom. The van der Waals surface area contributed by atoms with Gasteiger partial charge in [0.05, 0.1) is 23.9 Å². The Kier molecular flexibility index (Phi) is 3.83. The number of nitrogens with one attached hydrogen (secondary N) is 1. The number of likely N-dealkylation sites (N-methyl/N-ethyl adjacent to an activating group) is 1. The van der Waals surface area contributed by atoms with Crippen molar-refractivity contribution >= 4 is 23.5 Å². The van der Waals surface area contributed by atoms with Crippen LogP contribution in [0.5, 0.6) is 0 Å². The zero-order valence-electron chi connectivity index (χ0n) is 12.6. The average molecular weight is 320 g/mol. The molecule has 2 heterocycles. The number of nitrogens with zero attached hydrogens (tertiary/aromatic N) is 2. The smallest absolute Gasteiger partial charge is 0.322 e. The third-order valence-corrected chi connectivity index (χ3v) is 4.49. The SMILES string of the molecule is CCCN1CC2=C(C1=O)C(c1ccccc1Cl)NC(=O)N2C. The largest absolute Gasteiger partial charge is 0.333 e. The van der Waals surface area contributed by atoms with Gasteiger partial charge in [-0.2, -0.15) is 0 Å². The quantitative estimate of drug-likeness (QED) is 0.931. The van der Waals surface area contributed by atoms with Crippen LogP contribution in [0, 0.1) is 0 Å². The molecule has 6 heteroatoms. The number of benzene rings is 1. The summed E-state index contributed by atoms with van der Waals surface area (Å²) in [5.41, 5.74) is 2.15. The molecule has 0 spiro atoms. The molecule has 1 unspecified atom stereocenters. The molecule has 2 aliphatic rings. The fraction of sp³-hybridized carbons (Fsp3) is 0.375. The fourth-order valence-corrected chi connectivity index (χ4v) is 3.26. The highest BCUT2D eigenvalue weighted by molar-refractivity contribution is 6.31. The van der Waals surface area contributed by atoms with Gasteiger partial charge >= 0.3 is 6.03 Å². The minimum absolute atomic E-state index is 0.0198. The standard InChI is InChI=1S/C16H18ClN3O2/c1-3-8-20-9-12-13(15(20)21)14(18-16(22)19(12)2)10-6-4-5-7-11(10)17/h4-7,14H,3,8-9H2,1-2H3,(H,18,22). The highest BCUT2D eigenvalue weighted by Crippen LogP contribution is 2.37. The van der Waals surface area contributed by atoms with Gasteiger partial charge in [0.25, 0.3) is 5.91 Å². The Balaban J connectivity index is 2.06. The number of urea groups is 1. The highest BCUT2D eigenvalue weighted by Gasteiger charge is 2.42. The molecule has 0 radical (unpaired) electrons. The maximum Gasteiger partial charge on any atom is 0.322 e. The first-order valence-corrected chi connectivity index (χ1v) is 7.73. The van der Waals surface area contributed by atoms with Gasteiger partial charge in [-0.1, -0.05) is 36.7 Å². The molecule has 1 atom stereocenters. The molecule has 0 fully saturated rings. The van der Waals surface area contributed by atoms with Gasteiger partial charge < -0.3 is 10.2 Å². The van der Waals surface area contributed by atoms with Crippen molar-refractivity contribution in [2.45, 2.75) is 19.4 Å². The van der Waals surface area contributed by atoms with Crippen molar-refractivity contribution in [3.05, 3.63) is 46.1 Å². The monoisotopic (exact) mass is 319 g/mol. The van der Waals surface area contributed by atoms with Crippen LogP contribution in [0.1, 0.15) is 24.9 Å². The van der Waals surface area contributed by atoms with Gasteiger partial charge in [0.1, 0.15) is 0 Å². The van der Waals surface area contributed by atoms with Gasteiger partial charge in [0, 0.05) is 18.6 Å². The van der Waals surface area contributed by atoms with E-state index in [2.05, 4.69) is 5.32 Å². The number of rotatable bonds is 3. The van der Waals surface area contributed by atoms with Crippen LogP contribution >= 0.6 is 11.6 Å². The van der Waals surface area contributed by atoms with Crippen molar-refractivity contribution < 1.29 is 9.59 Å². The number of hydrogen-bond donors (Lipinski definition) is 1. The van der Waals surface area contributed by atoms with Crippen LogP contribution in [0.15, 0.2) is 35.5 Å². The molecule has 0 saturated carbocycles. The lowest BCUT2D eigenvalue weighted by Gasteiger charge is -2.31. The number of amides is 3. The average Bonchev–Trinajstić information content (AvgIpc) is 2.82. The van der Waals surface area contributed by atoms with Crippen molar-refractivity contribution in [2.75, 3.05) is 20.1 Å². The second-order valence-corrected chi connectivity index (χ2v) is 5.96. The van der Waals surface area contributed by atoms with Crippen LogP contribution in [0.3, 0.4) is 0 Å². The van der Waals surface area contributed by atoms with Gasteiger partial charge in [-0.3, -0.25) is 9.69 Å². The minimum Gasteiger partial charge on any atom is -0.333 e. The van der Waals surface area contributed by atoms with Crippen LogP contribution in [-0.4, -0.2) is 41.9 Å². The lowest BCUT2D eigenvalue weighted by atomic mass is 9.96. The summed E-state index contributed by atoms with van der Waals surface area (Å²) in [7, 11) is 1.69. The van der Waals surface area contributed by atoms with Crippen molar-refractivity contribution in [1.82, 2.24) is 15.1 Å². The summed E-state index contributed by atoms with van der Waals surface area (Å²) in [5, 5.41) is 3.43. The van der Waals surface area contributed by atoms with Gasteiger partial charge in [0.15, 0.2) is 0 Å². The van der Waals surface area contributed by atoms with Gasteiger partial charge in [0.2, 0.25) is 0 Å². The van der Waals surface area contributed by atoms with Crippen LogP contribution in [0.25, 0.3) is 0 Å². The maximum absolute atomic E-state index is 12.7. The molecule has 116 valence electrons. The Morgan fingerprint density at radius 3 is 2.73 bits per heavy atom. The van der Waals surface area contributed by atoms with Gasteiger partial charge in [-0.25, -0.2) is 4.79 Å². The summed E-state index contributed by atoms with van der Waals surface area (Å²) in [6.07, 6.45) is 0.883. The first-order valence-electron chi connectivity index (χ1n) is 7.35. The molecule has 3 rings (SSSR count). The van der Waals surface area contributed by atoms with Crippen LogP contribution in [0.4, 0.5) is 4.79 Å². The van der Waals surface area contributed by atoms with Crippen LogP contribution in [0.2, 0.25) is 5.02 Å². The number of carbonyl (C=O) groups is 2. The van der Waals surface area contributed by atoms with E-state index >= 15 is 0 Å². The van der Waals surface area contributed by atoms with Crippen LogP contribution < -0.4 is 5.32 Å². The van der Waals surface area contributed by atoms with E-state index < -0.39 is 6.04 Å². The molecule has 22 heavy (non-hydrogen) atoms. The van der Waals surface area contributed by atoms with E-state index in [0.717, 1.165) is 17.7 Å². The Bertz CT molecular complexity index is 671. The van der Waals surface area contributed by atoms with E-state index in [0.29, 0.717) is 23.7 Å². The van der Waals surface area contributed by atoms with E-state index in [1.807, 2.05) is 25.1 Å². The summed E-state index contributed by atoms with van der Waals surface area (Å²) in [4.78, 5) is 28.2. The zero-order valence-corrected chi connectivity index (χ0v) is 13.4. The van der Waals surface area contributed by atoms with E-state index in [1.54, 1.807) is 18.0 Å². The number of carbonyl (C=O) groups excluding carboxylic acids is 2. The maximum atomic E-state index is 12.7. The van der Waals surface area contributed by atoms with Crippen LogP contribution in [-0.2, 0) is 4.79 Å². The molecule has 2 aliphatic heterocycles. The predicted octanol–water partition coefficient (Wildman–Crippen LogP) is 2.54. The van der Waals surface area contributed by atoms with Gasteiger partial charge in [-0.05, 0) is 18.1 Å². The molecule has 3 amide bonds. The van der Waals surface area contributed by atoms with E-state index in [9.17, 15) is 9.59 Å². The highest BCUT2D eigenvalue weighted by atomic mass is 35.5.